The Morgan fingerprint density at radius 2 is 1.92 bits per heavy atom. The molecule has 6 heteroatoms. The zero-order valence-corrected chi connectivity index (χ0v) is 14.9. The lowest BCUT2D eigenvalue weighted by atomic mass is 9.93. The summed E-state index contributed by atoms with van der Waals surface area (Å²) in [6.45, 7) is 3.06. The fourth-order valence-electron chi connectivity index (χ4n) is 4.15. The summed E-state index contributed by atoms with van der Waals surface area (Å²) in [5.74, 6) is 2.20. The van der Waals surface area contributed by atoms with Crippen molar-refractivity contribution in [2.45, 2.75) is 57.2 Å². The van der Waals surface area contributed by atoms with Crippen molar-refractivity contribution in [3.63, 3.8) is 0 Å². The summed E-state index contributed by atoms with van der Waals surface area (Å²) in [6.07, 6.45) is 5.31. The van der Waals surface area contributed by atoms with Gasteiger partial charge < -0.3 is 9.42 Å². The van der Waals surface area contributed by atoms with Crippen molar-refractivity contribution in [2.75, 3.05) is 13.1 Å². The molecule has 0 N–H and O–H groups in total. The minimum absolute atomic E-state index is 0.140. The highest BCUT2D eigenvalue weighted by atomic mass is 16.5. The molecular formula is C20H24N4O2. The Morgan fingerprint density at radius 3 is 2.69 bits per heavy atom. The summed E-state index contributed by atoms with van der Waals surface area (Å²) in [7, 11) is 0. The van der Waals surface area contributed by atoms with Gasteiger partial charge in [-0.1, -0.05) is 29.4 Å². The number of aromatic nitrogens is 2. The lowest BCUT2D eigenvalue weighted by Crippen LogP contribution is -2.50. The van der Waals surface area contributed by atoms with Crippen LogP contribution in [0.5, 0.6) is 0 Å². The third-order valence-electron chi connectivity index (χ3n) is 5.81. The number of hydrogen-bond donors (Lipinski definition) is 0. The zero-order chi connectivity index (χ0) is 17.5. The van der Waals surface area contributed by atoms with E-state index in [-0.39, 0.29) is 11.9 Å². The lowest BCUT2D eigenvalue weighted by Gasteiger charge is -2.37. The van der Waals surface area contributed by atoms with Gasteiger partial charge in [-0.05, 0) is 43.2 Å². The second-order valence-electron chi connectivity index (χ2n) is 7.75. The van der Waals surface area contributed by atoms with Crippen LogP contribution in [0, 0.1) is 0 Å². The summed E-state index contributed by atoms with van der Waals surface area (Å²) < 4.78 is 5.48. The summed E-state index contributed by atoms with van der Waals surface area (Å²) in [5.41, 5.74) is 2.57. The molecule has 26 heavy (non-hydrogen) atoms. The molecule has 1 aromatic carbocycles. The summed E-state index contributed by atoms with van der Waals surface area (Å²) >= 11 is 0. The van der Waals surface area contributed by atoms with Gasteiger partial charge in [0, 0.05) is 25.6 Å². The predicted octanol–water partition coefficient (Wildman–Crippen LogP) is 2.50. The van der Waals surface area contributed by atoms with Gasteiger partial charge >= 0.3 is 0 Å². The number of benzene rings is 1. The third-order valence-corrected chi connectivity index (χ3v) is 5.81. The van der Waals surface area contributed by atoms with E-state index in [9.17, 15) is 4.79 Å². The summed E-state index contributed by atoms with van der Waals surface area (Å²) in [4.78, 5) is 22.0. The van der Waals surface area contributed by atoms with Crippen LogP contribution in [0.4, 0.5) is 0 Å². The van der Waals surface area contributed by atoms with Gasteiger partial charge in [0.2, 0.25) is 11.8 Å². The first-order valence-corrected chi connectivity index (χ1v) is 9.70. The molecule has 0 unspecified atom stereocenters. The summed E-state index contributed by atoms with van der Waals surface area (Å²) in [6, 6.07) is 8.29. The van der Waals surface area contributed by atoms with E-state index in [1.165, 1.54) is 11.1 Å². The molecule has 0 bridgehead atoms. The Bertz CT molecular complexity index is 808. The number of nitrogens with zero attached hydrogens (tertiary/aromatic N) is 4. The van der Waals surface area contributed by atoms with Gasteiger partial charge in [-0.3, -0.25) is 9.69 Å². The van der Waals surface area contributed by atoms with E-state index in [0.29, 0.717) is 18.4 Å². The quantitative estimate of drug-likeness (QED) is 0.846. The number of fused-ring (bicyclic) bond motifs is 1. The molecule has 2 fully saturated rings. The lowest BCUT2D eigenvalue weighted by molar-refractivity contribution is -0.137. The van der Waals surface area contributed by atoms with E-state index in [1.54, 1.807) is 0 Å². The van der Waals surface area contributed by atoms with Crippen LogP contribution in [0.25, 0.3) is 0 Å². The van der Waals surface area contributed by atoms with Gasteiger partial charge in [-0.15, -0.1) is 0 Å². The minimum atomic E-state index is -0.140. The van der Waals surface area contributed by atoms with Crippen LogP contribution in [0.2, 0.25) is 0 Å². The normalized spacial score (nSPS) is 23.2. The average Bonchev–Trinajstić information content (AvgIpc) is 3.17. The molecule has 1 aromatic heterocycles. The van der Waals surface area contributed by atoms with Crippen molar-refractivity contribution in [3.05, 3.63) is 47.1 Å². The minimum Gasteiger partial charge on any atom is -0.341 e. The van der Waals surface area contributed by atoms with Crippen LogP contribution in [0.3, 0.4) is 0 Å². The van der Waals surface area contributed by atoms with E-state index >= 15 is 0 Å². The van der Waals surface area contributed by atoms with Gasteiger partial charge in [-0.2, -0.15) is 4.98 Å². The SMILES string of the molecule is O=C([C@H]1Cc2ccccc2CN1Cc1nc(C2CC2)no1)N1CCCC1. The number of hydrogen-bond acceptors (Lipinski definition) is 5. The van der Waals surface area contributed by atoms with E-state index in [0.717, 1.165) is 57.6 Å². The maximum absolute atomic E-state index is 13.2. The van der Waals surface area contributed by atoms with Crippen LogP contribution >= 0.6 is 0 Å². The van der Waals surface area contributed by atoms with Crippen molar-refractivity contribution in [2.24, 2.45) is 0 Å². The largest absolute Gasteiger partial charge is 0.341 e. The number of carbonyl (C=O) groups is 1. The van der Waals surface area contributed by atoms with E-state index in [2.05, 4.69) is 39.3 Å². The summed E-state index contributed by atoms with van der Waals surface area (Å²) in [5, 5.41) is 4.13. The molecule has 1 saturated heterocycles. The molecule has 3 heterocycles. The molecule has 136 valence electrons. The van der Waals surface area contributed by atoms with Gasteiger partial charge in [0.05, 0.1) is 12.6 Å². The average molecular weight is 352 g/mol. The van der Waals surface area contributed by atoms with Gasteiger partial charge in [0.15, 0.2) is 5.82 Å². The molecule has 2 aromatic rings. The molecule has 1 amide bonds. The van der Waals surface area contributed by atoms with Crippen molar-refractivity contribution < 1.29 is 9.32 Å². The highest BCUT2D eigenvalue weighted by Gasteiger charge is 2.36. The first-order chi connectivity index (χ1) is 12.8. The Balaban J connectivity index is 1.40. The second kappa shape index (κ2) is 6.50. The van der Waals surface area contributed by atoms with Gasteiger partial charge in [-0.25, -0.2) is 0 Å². The number of likely N-dealkylation sites (tertiary alicyclic amines) is 1. The van der Waals surface area contributed by atoms with Crippen molar-refractivity contribution in [3.8, 4) is 0 Å². The molecule has 3 aliphatic rings. The van der Waals surface area contributed by atoms with Crippen LogP contribution in [0.15, 0.2) is 28.8 Å². The predicted molar refractivity (Wildman–Crippen MR) is 95.3 cm³/mol. The standard InChI is InChI=1S/C20H24N4O2/c25-20(23-9-3-4-10-23)17-11-15-5-1-2-6-16(15)12-24(17)13-18-21-19(22-26-18)14-7-8-14/h1-2,5-6,14,17H,3-4,7-13H2/t17-/m1/s1. The van der Waals surface area contributed by atoms with Crippen molar-refractivity contribution >= 4 is 5.91 Å². The van der Waals surface area contributed by atoms with E-state index in [1.807, 2.05) is 4.90 Å². The molecule has 0 radical (unpaired) electrons. The van der Waals surface area contributed by atoms with Gasteiger partial charge in [0.25, 0.3) is 0 Å². The second-order valence-corrected chi connectivity index (χ2v) is 7.75. The molecule has 1 aliphatic carbocycles. The smallest absolute Gasteiger partial charge is 0.240 e. The third kappa shape index (κ3) is 3.03. The highest BCUT2D eigenvalue weighted by molar-refractivity contribution is 5.82. The number of amides is 1. The Hall–Kier alpha value is -2.21. The molecule has 1 atom stereocenters. The van der Waals surface area contributed by atoms with Crippen LogP contribution < -0.4 is 0 Å². The van der Waals surface area contributed by atoms with Crippen molar-refractivity contribution in [1.29, 1.82) is 0 Å². The molecular weight excluding hydrogens is 328 g/mol. The molecule has 2 aliphatic heterocycles. The first kappa shape index (κ1) is 16.0. The molecule has 0 spiro atoms. The maximum Gasteiger partial charge on any atom is 0.240 e. The molecule has 5 rings (SSSR count). The zero-order valence-electron chi connectivity index (χ0n) is 14.9. The van der Waals surface area contributed by atoms with E-state index in [4.69, 9.17) is 4.52 Å². The van der Waals surface area contributed by atoms with Crippen LogP contribution in [-0.4, -0.2) is 45.0 Å². The number of rotatable bonds is 4. The van der Waals surface area contributed by atoms with Gasteiger partial charge in [0.1, 0.15) is 0 Å². The van der Waals surface area contributed by atoms with Crippen molar-refractivity contribution in [1.82, 2.24) is 19.9 Å². The van der Waals surface area contributed by atoms with Crippen LogP contribution in [-0.2, 0) is 24.3 Å². The Morgan fingerprint density at radius 1 is 1.15 bits per heavy atom. The highest BCUT2D eigenvalue weighted by Crippen LogP contribution is 2.38. The van der Waals surface area contributed by atoms with E-state index < -0.39 is 0 Å². The fourth-order valence-corrected chi connectivity index (χ4v) is 4.15. The fraction of sp³-hybridized carbons (Fsp3) is 0.550. The molecule has 6 nitrogen and oxygen atoms in total. The Kier molecular flexibility index (Phi) is 4.00. The monoisotopic (exact) mass is 352 g/mol. The topological polar surface area (TPSA) is 62.5 Å². The Labute approximate surface area is 153 Å². The molecule has 1 saturated carbocycles. The van der Waals surface area contributed by atoms with Crippen LogP contribution in [0.1, 0.15) is 54.4 Å². The maximum atomic E-state index is 13.2. The first-order valence-electron chi connectivity index (χ1n) is 9.70. The number of carbonyl (C=O) groups excluding carboxylic acids is 1.